The molecule has 0 unspecified atom stereocenters. The summed E-state index contributed by atoms with van der Waals surface area (Å²) in [5.41, 5.74) is 5.11. The molecule has 0 aliphatic carbocycles. The largest absolute Gasteiger partial charge is 0.364 e. The number of nitrogens with zero attached hydrogens (tertiary/aromatic N) is 2. The molecule has 4 nitrogen and oxygen atoms in total. The van der Waals surface area contributed by atoms with Crippen LogP contribution in [0.25, 0.3) is 0 Å². The average Bonchev–Trinajstić information content (AvgIpc) is 2.14. The molecule has 2 N–H and O–H groups in total. The van der Waals surface area contributed by atoms with Crippen LogP contribution in [0.15, 0.2) is 12.3 Å². The number of rotatable bonds is 1. The molecule has 1 amide bonds. The predicted molar refractivity (Wildman–Crippen MR) is 35.1 cm³/mol. The summed E-state index contributed by atoms with van der Waals surface area (Å²) in [5.74, 6) is -0.539. The predicted octanol–water partition coefficient (Wildman–Crippen LogP) is -0.325. The summed E-state index contributed by atoms with van der Waals surface area (Å²) in [7, 11) is 0. The van der Waals surface area contributed by atoms with E-state index in [0.29, 0.717) is 0 Å². The maximum absolute atomic E-state index is 10.3. The van der Waals surface area contributed by atoms with Gasteiger partial charge in [-0.1, -0.05) is 0 Å². The van der Waals surface area contributed by atoms with Gasteiger partial charge in [0.15, 0.2) is 5.69 Å². The smallest absolute Gasteiger partial charge is 0.269 e. The SMILES string of the molecule is NC(=O)c1ccn(S)n1. The number of aromatic nitrogens is 2. The van der Waals surface area contributed by atoms with Gasteiger partial charge in [0.1, 0.15) is 0 Å². The molecule has 0 radical (unpaired) electrons. The van der Waals surface area contributed by atoms with Gasteiger partial charge >= 0.3 is 0 Å². The number of carbonyl (C=O) groups excluding carboxylic acids is 1. The Morgan fingerprint density at radius 2 is 2.56 bits per heavy atom. The first-order valence-electron chi connectivity index (χ1n) is 2.25. The van der Waals surface area contributed by atoms with Crippen molar-refractivity contribution in [2.24, 2.45) is 5.73 Å². The lowest BCUT2D eigenvalue weighted by atomic mass is 10.4. The highest BCUT2D eigenvalue weighted by Crippen LogP contribution is 1.93. The first kappa shape index (κ1) is 6.15. The lowest BCUT2D eigenvalue weighted by Gasteiger charge is -1.82. The fourth-order valence-electron chi connectivity index (χ4n) is 0.446. The number of carbonyl (C=O) groups is 1. The van der Waals surface area contributed by atoms with Crippen molar-refractivity contribution in [1.29, 1.82) is 0 Å². The molecule has 48 valence electrons. The molecule has 0 bridgehead atoms. The number of thiol groups is 1. The van der Waals surface area contributed by atoms with E-state index in [2.05, 4.69) is 17.9 Å². The molecule has 0 fully saturated rings. The van der Waals surface area contributed by atoms with E-state index in [1.165, 1.54) is 16.4 Å². The summed E-state index contributed by atoms with van der Waals surface area (Å²) < 4.78 is 1.22. The Kier molecular flexibility index (Phi) is 1.44. The number of hydrogen-bond donors (Lipinski definition) is 2. The van der Waals surface area contributed by atoms with E-state index in [4.69, 9.17) is 5.73 Å². The van der Waals surface area contributed by atoms with Crippen molar-refractivity contribution in [3.05, 3.63) is 18.0 Å². The van der Waals surface area contributed by atoms with E-state index in [1.807, 2.05) is 0 Å². The Morgan fingerprint density at radius 3 is 2.78 bits per heavy atom. The van der Waals surface area contributed by atoms with Crippen LogP contribution in [0.1, 0.15) is 10.5 Å². The van der Waals surface area contributed by atoms with E-state index < -0.39 is 5.91 Å². The van der Waals surface area contributed by atoms with Gasteiger partial charge < -0.3 is 5.73 Å². The topological polar surface area (TPSA) is 60.9 Å². The molecule has 0 aromatic carbocycles. The maximum Gasteiger partial charge on any atom is 0.269 e. The van der Waals surface area contributed by atoms with E-state index in [1.54, 1.807) is 0 Å². The second-order valence-corrected chi connectivity index (χ2v) is 1.90. The zero-order chi connectivity index (χ0) is 6.85. The van der Waals surface area contributed by atoms with E-state index >= 15 is 0 Å². The number of primary amides is 1. The molecule has 1 aromatic rings. The zero-order valence-corrected chi connectivity index (χ0v) is 5.38. The summed E-state index contributed by atoms with van der Waals surface area (Å²) in [5, 5.41) is 3.62. The Labute approximate surface area is 57.2 Å². The highest BCUT2D eigenvalue weighted by Gasteiger charge is 2.00. The van der Waals surface area contributed by atoms with Gasteiger partial charge in [-0.25, -0.2) is 4.09 Å². The van der Waals surface area contributed by atoms with Crippen LogP contribution in [0.2, 0.25) is 0 Å². The third kappa shape index (κ3) is 1.23. The van der Waals surface area contributed by atoms with E-state index in [0.717, 1.165) is 0 Å². The summed E-state index contributed by atoms with van der Waals surface area (Å²) >= 11 is 3.80. The van der Waals surface area contributed by atoms with Crippen molar-refractivity contribution < 1.29 is 4.79 Å². The standard InChI is InChI=1S/C4H5N3OS/c5-4(8)3-1-2-7(9)6-3/h1-2,9H,(H2,5,8). The molecule has 0 aliphatic rings. The second-order valence-electron chi connectivity index (χ2n) is 1.49. The minimum atomic E-state index is -0.539. The van der Waals surface area contributed by atoms with Crippen LogP contribution in [0.4, 0.5) is 0 Å². The van der Waals surface area contributed by atoms with E-state index in [9.17, 15) is 4.79 Å². The Balaban J connectivity index is 2.98. The molecule has 0 saturated heterocycles. The first-order chi connectivity index (χ1) is 4.20. The average molecular weight is 143 g/mol. The van der Waals surface area contributed by atoms with Crippen LogP contribution in [0, 0.1) is 0 Å². The molecule has 0 saturated carbocycles. The summed E-state index contributed by atoms with van der Waals surface area (Å²) in [4.78, 5) is 10.3. The molecule has 0 atom stereocenters. The molecule has 1 aromatic heterocycles. The molecule has 5 heteroatoms. The van der Waals surface area contributed by atoms with Crippen LogP contribution >= 0.6 is 12.8 Å². The highest BCUT2D eigenvalue weighted by atomic mass is 32.1. The van der Waals surface area contributed by atoms with Gasteiger partial charge in [0.25, 0.3) is 5.91 Å². The highest BCUT2D eigenvalue weighted by molar-refractivity contribution is 7.78. The van der Waals surface area contributed by atoms with Gasteiger partial charge in [-0.05, 0) is 18.9 Å². The minimum absolute atomic E-state index is 0.227. The first-order valence-corrected chi connectivity index (χ1v) is 2.65. The molecular formula is C4H5N3OS. The zero-order valence-electron chi connectivity index (χ0n) is 4.48. The van der Waals surface area contributed by atoms with Crippen molar-refractivity contribution in [2.75, 3.05) is 0 Å². The van der Waals surface area contributed by atoms with Crippen molar-refractivity contribution in [1.82, 2.24) is 9.19 Å². The molecule has 9 heavy (non-hydrogen) atoms. The second kappa shape index (κ2) is 2.10. The van der Waals surface area contributed by atoms with Gasteiger partial charge in [0.05, 0.1) is 0 Å². The van der Waals surface area contributed by atoms with Crippen LogP contribution in [0.5, 0.6) is 0 Å². The minimum Gasteiger partial charge on any atom is -0.364 e. The third-order valence-electron chi connectivity index (χ3n) is 0.828. The van der Waals surface area contributed by atoms with Gasteiger partial charge in [-0.2, -0.15) is 5.10 Å². The van der Waals surface area contributed by atoms with E-state index in [-0.39, 0.29) is 5.69 Å². The number of amides is 1. The van der Waals surface area contributed by atoms with Gasteiger partial charge in [-0.3, -0.25) is 4.79 Å². The Morgan fingerprint density at radius 1 is 1.89 bits per heavy atom. The Bertz CT molecular complexity index is 231. The molecule has 0 spiro atoms. The number of nitrogens with two attached hydrogens (primary N) is 1. The van der Waals surface area contributed by atoms with Crippen LogP contribution in [-0.4, -0.2) is 15.1 Å². The van der Waals surface area contributed by atoms with Crippen LogP contribution in [-0.2, 0) is 0 Å². The van der Waals surface area contributed by atoms with Gasteiger partial charge in [-0.15, -0.1) is 0 Å². The van der Waals surface area contributed by atoms with Crippen LogP contribution < -0.4 is 5.73 Å². The summed E-state index contributed by atoms with van der Waals surface area (Å²) in [6.07, 6.45) is 1.53. The van der Waals surface area contributed by atoms with Gasteiger partial charge in [0, 0.05) is 6.20 Å². The lowest BCUT2D eigenvalue weighted by Crippen LogP contribution is -2.11. The van der Waals surface area contributed by atoms with Crippen LogP contribution in [0.3, 0.4) is 0 Å². The maximum atomic E-state index is 10.3. The van der Waals surface area contributed by atoms with Crippen molar-refractivity contribution in [3.8, 4) is 0 Å². The molecule has 0 aliphatic heterocycles. The number of hydrogen-bond acceptors (Lipinski definition) is 3. The quantitative estimate of drug-likeness (QED) is 0.529. The van der Waals surface area contributed by atoms with Gasteiger partial charge in [0.2, 0.25) is 0 Å². The fourth-order valence-corrected chi connectivity index (χ4v) is 0.609. The molecule has 1 rings (SSSR count). The third-order valence-corrected chi connectivity index (χ3v) is 1.05. The monoisotopic (exact) mass is 143 g/mol. The summed E-state index contributed by atoms with van der Waals surface area (Å²) in [6.45, 7) is 0. The normalized spacial score (nSPS) is 9.44. The van der Waals surface area contributed by atoms with Crippen molar-refractivity contribution in [3.63, 3.8) is 0 Å². The van der Waals surface area contributed by atoms with Crippen molar-refractivity contribution in [2.45, 2.75) is 0 Å². The summed E-state index contributed by atoms with van der Waals surface area (Å²) in [6, 6.07) is 1.50. The van der Waals surface area contributed by atoms with Crippen molar-refractivity contribution >= 4 is 18.7 Å². The fraction of sp³-hybridized carbons (Fsp3) is 0. The molecular weight excluding hydrogens is 138 g/mol. The lowest BCUT2D eigenvalue weighted by molar-refractivity contribution is 0.0995. The Hall–Kier alpha value is -0.970. The molecule has 1 heterocycles.